The average molecular weight is 219 g/mol. The number of phenols is 1. The van der Waals surface area contributed by atoms with Crippen molar-refractivity contribution in [3.63, 3.8) is 0 Å². The van der Waals surface area contributed by atoms with Crippen molar-refractivity contribution in [2.75, 3.05) is 7.11 Å². The molecule has 1 aromatic heterocycles. The lowest BCUT2D eigenvalue weighted by Gasteiger charge is -2.04. The first-order chi connectivity index (χ1) is 7.70. The first kappa shape index (κ1) is 10.4. The molecule has 0 unspecified atom stereocenters. The molecule has 1 N–H and O–H groups in total. The van der Waals surface area contributed by atoms with Gasteiger partial charge in [0.15, 0.2) is 11.6 Å². The van der Waals surface area contributed by atoms with Gasteiger partial charge in [-0.1, -0.05) is 6.07 Å². The van der Waals surface area contributed by atoms with Crippen LogP contribution in [0.25, 0.3) is 11.1 Å². The van der Waals surface area contributed by atoms with Gasteiger partial charge in [-0.05, 0) is 23.8 Å². The van der Waals surface area contributed by atoms with Crippen LogP contribution in [0, 0.1) is 5.82 Å². The van der Waals surface area contributed by atoms with Crippen LogP contribution in [-0.2, 0) is 0 Å². The molecule has 0 bridgehead atoms. The Labute approximate surface area is 92.1 Å². The van der Waals surface area contributed by atoms with Gasteiger partial charge in [0.2, 0.25) is 0 Å². The molecule has 0 atom stereocenters. The summed E-state index contributed by atoms with van der Waals surface area (Å²) in [4.78, 5) is 3.97. The zero-order valence-corrected chi connectivity index (χ0v) is 8.64. The van der Waals surface area contributed by atoms with Crippen molar-refractivity contribution >= 4 is 0 Å². The Morgan fingerprint density at radius 3 is 2.69 bits per heavy atom. The minimum Gasteiger partial charge on any atom is -0.505 e. The van der Waals surface area contributed by atoms with Crippen LogP contribution in [0.1, 0.15) is 0 Å². The van der Waals surface area contributed by atoms with Crippen LogP contribution in [0.5, 0.6) is 11.5 Å². The number of aromatic hydroxyl groups is 1. The van der Waals surface area contributed by atoms with Crippen molar-refractivity contribution in [2.24, 2.45) is 0 Å². The predicted molar refractivity (Wildman–Crippen MR) is 57.8 cm³/mol. The molecule has 0 saturated heterocycles. The van der Waals surface area contributed by atoms with E-state index in [0.717, 1.165) is 5.56 Å². The number of aromatic nitrogens is 1. The molecule has 0 aliphatic rings. The summed E-state index contributed by atoms with van der Waals surface area (Å²) in [5.41, 5.74) is 1.37. The summed E-state index contributed by atoms with van der Waals surface area (Å²) in [6, 6.07) is 5.93. The first-order valence-electron chi connectivity index (χ1n) is 4.68. The van der Waals surface area contributed by atoms with Crippen LogP contribution in [0.15, 0.2) is 36.7 Å². The van der Waals surface area contributed by atoms with Crippen LogP contribution < -0.4 is 4.74 Å². The van der Waals surface area contributed by atoms with Crippen molar-refractivity contribution in [2.45, 2.75) is 0 Å². The van der Waals surface area contributed by atoms with Gasteiger partial charge in [-0.3, -0.25) is 4.98 Å². The third-order valence-electron chi connectivity index (χ3n) is 2.23. The fourth-order valence-corrected chi connectivity index (χ4v) is 1.37. The van der Waals surface area contributed by atoms with Crippen molar-refractivity contribution in [3.05, 3.63) is 42.5 Å². The largest absolute Gasteiger partial charge is 0.505 e. The Bertz CT molecular complexity index is 514. The molecule has 16 heavy (non-hydrogen) atoms. The lowest BCUT2D eigenvalue weighted by molar-refractivity contribution is 0.413. The van der Waals surface area contributed by atoms with Gasteiger partial charge in [-0.2, -0.15) is 0 Å². The van der Waals surface area contributed by atoms with Gasteiger partial charge >= 0.3 is 0 Å². The number of hydrogen-bond donors (Lipinski definition) is 1. The first-order valence-corrected chi connectivity index (χ1v) is 4.68. The van der Waals surface area contributed by atoms with Crippen LogP contribution in [0.4, 0.5) is 4.39 Å². The summed E-state index contributed by atoms with van der Waals surface area (Å²) in [7, 11) is 1.54. The quantitative estimate of drug-likeness (QED) is 0.844. The van der Waals surface area contributed by atoms with Crippen LogP contribution >= 0.6 is 0 Å². The Balaban J connectivity index is 2.46. The van der Waals surface area contributed by atoms with Gasteiger partial charge in [0.25, 0.3) is 0 Å². The molecule has 0 amide bonds. The van der Waals surface area contributed by atoms with E-state index in [1.165, 1.54) is 19.2 Å². The molecule has 1 aromatic carbocycles. The molecule has 0 radical (unpaired) electrons. The fraction of sp³-hybridized carbons (Fsp3) is 0.0833. The number of benzene rings is 1. The Morgan fingerprint density at radius 1 is 1.19 bits per heavy atom. The maximum Gasteiger partial charge on any atom is 0.165 e. The van der Waals surface area contributed by atoms with Crippen LogP contribution in [0.3, 0.4) is 0 Å². The molecule has 3 nitrogen and oxygen atoms in total. The summed E-state index contributed by atoms with van der Waals surface area (Å²) in [5, 5.41) is 9.08. The third kappa shape index (κ3) is 1.95. The van der Waals surface area contributed by atoms with Gasteiger partial charge in [0.1, 0.15) is 5.75 Å². The minimum atomic E-state index is -0.652. The second-order valence-electron chi connectivity index (χ2n) is 3.28. The SMILES string of the molecule is COc1cncc(-c2ccc(O)c(F)c2)c1. The van der Waals surface area contributed by atoms with E-state index in [0.29, 0.717) is 11.3 Å². The highest BCUT2D eigenvalue weighted by atomic mass is 19.1. The number of rotatable bonds is 2. The Morgan fingerprint density at radius 2 is 2.00 bits per heavy atom. The van der Waals surface area contributed by atoms with E-state index in [1.54, 1.807) is 24.5 Å². The summed E-state index contributed by atoms with van der Waals surface area (Å²) in [5.74, 6) is -0.411. The van der Waals surface area contributed by atoms with Gasteiger partial charge in [-0.25, -0.2) is 4.39 Å². The van der Waals surface area contributed by atoms with Gasteiger partial charge < -0.3 is 9.84 Å². The predicted octanol–water partition coefficient (Wildman–Crippen LogP) is 2.60. The minimum absolute atomic E-state index is 0.361. The molecule has 4 heteroatoms. The van der Waals surface area contributed by atoms with Crippen LogP contribution in [0.2, 0.25) is 0 Å². The van der Waals surface area contributed by atoms with Crippen molar-refractivity contribution in [1.29, 1.82) is 0 Å². The van der Waals surface area contributed by atoms with Crippen LogP contribution in [-0.4, -0.2) is 17.2 Å². The smallest absolute Gasteiger partial charge is 0.165 e. The molecular formula is C12H10FNO2. The second-order valence-corrected chi connectivity index (χ2v) is 3.28. The van der Waals surface area contributed by atoms with Gasteiger partial charge in [0, 0.05) is 11.8 Å². The lowest BCUT2D eigenvalue weighted by atomic mass is 10.1. The van der Waals surface area contributed by atoms with Crippen molar-refractivity contribution in [3.8, 4) is 22.6 Å². The van der Waals surface area contributed by atoms with Crippen molar-refractivity contribution < 1.29 is 14.2 Å². The van der Waals surface area contributed by atoms with E-state index in [2.05, 4.69) is 4.98 Å². The van der Waals surface area contributed by atoms with E-state index in [4.69, 9.17) is 9.84 Å². The van der Waals surface area contributed by atoms with E-state index in [1.807, 2.05) is 0 Å². The molecule has 2 rings (SSSR count). The second kappa shape index (κ2) is 4.18. The maximum atomic E-state index is 13.1. The Hall–Kier alpha value is -2.10. The number of halogens is 1. The highest BCUT2D eigenvalue weighted by Gasteiger charge is 2.04. The number of ether oxygens (including phenoxy) is 1. The van der Waals surface area contributed by atoms with E-state index < -0.39 is 5.82 Å². The molecule has 0 spiro atoms. The summed E-state index contributed by atoms with van der Waals surface area (Å²) >= 11 is 0. The molecule has 0 saturated carbocycles. The number of nitrogens with zero attached hydrogens (tertiary/aromatic N) is 1. The highest BCUT2D eigenvalue weighted by Crippen LogP contribution is 2.26. The summed E-state index contributed by atoms with van der Waals surface area (Å²) < 4.78 is 18.2. The zero-order valence-electron chi connectivity index (χ0n) is 8.64. The normalized spacial score (nSPS) is 10.1. The molecule has 0 aliphatic carbocycles. The molecule has 0 aliphatic heterocycles. The number of phenolic OH excluding ortho intramolecular Hbond substituents is 1. The fourth-order valence-electron chi connectivity index (χ4n) is 1.37. The topological polar surface area (TPSA) is 42.4 Å². The molecular weight excluding hydrogens is 209 g/mol. The molecule has 1 heterocycles. The van der Waals surface area contributed by atoms with Gasteiger partial charge in [0.05, 0.1) is 13.3 Å². The number of pyridine rings is 1. The van der Waals surface area contributed by atoms with E-state index in [9.17, 15) is 4.39 Å². The standard InChI is InChI=1S/C12H10FNO2/c1-16-10-4-9(6-14-7-10)8-2-3-12(15)11(13)5-8/h2-7,15H,1H3. The summed E-state index contributed by atoms with van der Waals surface area (Å²) in [6.45, 7) is 0. The number of hydrogen-bond acceptors (Lipinski definition) is 3. The molecule has 82 valence electrons. The molecule has 2 aromatic rings. The summed E-state index contributed by atoms with van der Waals surface area (Å²) in [6.07, 6.45) is 3.18. The van der Waals surface area contributed by atoms with Crippen molar-refractivity contribution in [1.82, 2.24) is 4.98 Å². The zero-order chi connectivity index (χ0) is 11.5. The molecule has 0 fully saturated rings. The van der Waals surface area contributed by atoms with E-state index in [-0.39, 0.29) is 5.75 Å². The monoisotopic (exact) mass is 219 g/mol. The third-order valence-corrected chi connectivity index (χ3v) is 2.23. The lowest BCUT2D eigenvalue weighted by Crippen LogP contribution is -1.87. The Kier molecular flexibility index (Phi) is 2.72. The van der Waals surface area contributed by atoms with E-state index >= 15 is 0 Å². The highest BCUT2D eigenvalue weighted by molar-refractivity contribution is 5.64. The number of methoxy groups -OCH3 is 1. The maximum absolute atomic E-state index is 13.1. The average Bonchev–Trinajstić information content (AvgIpc) is 2.33. The van der Waals surface area contributed by atoms with Gasteiger partial charge in [-0.15, -0.1) is 0 Å².